The minimum Gasteiger partial charge on any atom is -0.384 e. The lowest BCUT2D eigenvalue weighted by Crippen LogP contribution is -2.39. The van der Waals surface area contributed by atoms with Gasteiger partial charge in [-0.2, -0.15) is 0 Å². The maximum absolute atomic E-state index is 10.7. The number of hydrogen-bond acceptors (Lipinski definition) is 3. The fourth-order valence-corrected chi connectivity index (χ4v) is 3.11. The van der Waals surface area contributed by atoms with Crippen LogP contribution in [0.15, 0.2) is 65.9 Å². The Labute approximate surface area is 189 Å². The predicted molar refractivity (Wildman–Crippen MR) is 130 cm³/mol. The third kappa shape index (κ3) is 6.43. The Kier molecular flexibility index (Phi) is 8.91. The SMILES string of the molecule is CCNC(=NCC(C)(O)c1ccccc1)NCCCn1cnc2ccccc21.I. The largest absolute Gasteiger partial charge is 0.384 e. The molecule has 6 nitrogen and oxygen atoms in total. The van der Waals surface area contributed by atoms with E-state index in [1.54, 1.807) is 6.92 Å². The molecule has 0 spiro atoms. The molecule has 0 radical (unpaired) electrons. The van der Waals surface area contributed by atoms with Crippen molar-refractivity contribution in [2.75, 3.05) is 19.6 Å². The van der Waals surface area contributed by atoms with E-state index in [9.17, 15) is 5.11 Å². The van der Waals surface area contributed by atoms with E-state index >= 15 is 0 Å². The van der Waals surface area contributed by atoms with Crippen LogP contribution in [0.5, 0.6) is 0 Å². The summed E-state index contributed by atoms with van der Waals surface area (Å²) in [4.78, 5) is 9.00. The number of nitrogens with zero attached hydrogens (tertiary/aromatic N) is 3. The Hall–Kier alpha value is -2.13. The van der Waals surface area contributed by atoms with E-state index in [0.717, 1.165) is 42.7 Å². The lowest BCUT2D eigenvalue weighted by Gasteiger charge is -2.22. The van der Waals surface area contributed by atoms with E-state index in [2.05, 4.69) is 31.2 Å². The van der Waals surface area contributed by atoms with Crippen molar-refractivity contribution in [3.8, 4) is 0 Å². The van der Waals surface area contributed by atoms with Crippen molar-refractivity contribution in [3.63, 3.8) is 0 Å². The van der Waals surface area contributed by atoms with Crippen LogP contribution in [0.25, 0.3) is 11.0 Å². The molecule has 7 heteroatoms. The van der Waals surface area contributed by atoms with E-state index in [1.807, 2.05) is 61.8 Å². The first kappa shape index (κ1) is 23.2. The van der Waals surface area contributed by atoms with E-state index < -0.39 is 5.60 Å². The number of fused-ring (bicyclic) bond motifs is 1. The van der Waals surface area contributed by atoms with Crippen molar-refractivity contribution in [3.05, 3.63) is 66.5 Å². The van der Waals surface area contributed by atoms with E-state index in [-0.39, 0.29) is 24.0 Å². The van der Waals surface area contributed by atoms with Gasteiger partial charge < -0.3 is 20.3 Å². The summed E-state index contributed by atoms with van der Waals surface area (Å²) in [7, 11) is 0. The highest BCUT2D eigenvalue weighted by atomic mass is 127. The third-order valence-electron chi connectivity index (χ3n) is 4.68. The van der Waals surface area contributed by atoms with Gasteiger partial charge in [0.2, 0.25) is 0 Å². The van der Waals surface area contributed by atoms with Crippen molar-refractivity contribution >= 4 is 41.0 Å². The monoisotopic (exact) mass is 507 g/mol. The van der Waals surface area contributed by atoms with Crippen molar-refractivity contribution in [2.24, 2.45) is 4.99 Å². The average molecular weight is 507 g/mol. The van der Waals surface area contributed by atoms with Crippen LogP contribution in [0.4, 0.5) is 0 Å². The molecular formula is C22H30IN5O. The van der Waals surface area contributed by atoms with Crippen molar-refractivity contribution in [1.29, 1.82) is 0 Å². The minimum absolute atomic E-state index is 0. The molecule has 29 heavy (non-hydrogen) atoms. The number of imidazole rings is 1. The van der Waals surface area contributed by atoms with Crippen LogP contribution in [-0.2, 0) is 12.1 Å². The van der Waals surface area contributed by atoms with Crippen molar-refractivity contribution in [2.45, 2.75) is 32.4 Å². The number of aliphatic imine (C=N–C) groups is 1. The summed E-state index contributed by atoms with van der Waals surface area (Å²) >= 11 is 0. The standard InChI is InChI=1S/C22H29N5O.HI/c1-3-23-21(25-16-22(2,28)18-10-5-4-6-11-18)24-14-9-15-27-17-26-19-12-7-8-13-20(19)27;/h4-8,10-13,17,28H,3,9,14-16H2,1-2H3,(H2,23,24,25);1H. The number of para-hydroxylation sites is 2. The van der Waals surface area contributed by atoms with Gasteiger partial charge in [0, 0.05) is 19.6 Å². The zero-order valence-corrected chi connectivity index (χ0v) is 19.3. The summed E-state index contributed by atoms with van der Waals surface area (Å²) in [6, 6.07) is 17.8. The second kappa shape index (κ2) is 11.2. The fourth-order valence-electron chi connectivity index (χ4n) is 3.11. The summed E-state index contributed by atoms with van der Waals surface area (Å²) in [5, 5.41) is 17.3. The van der Waals surface area contributed by atoms with Crippen LogP contribution in [0.2, 0.25) is 0 Å². The van der Waals surface area contributed by atoms with Gasteiger partial charge >= 0.3 is 0 Å². The molecule has 1 atom stereocenters. The second-order valence-corrected chi connectivity index (χ2v) is 7.04. The first-order valence-corrected chi connectivity index (χ1v) is 9.80. The van der Waals surface area contributed by atoms with Gasteiger partial charge in [-0.05, 0) is 38.0 Å². The smallest absolute Gasteiger partial charge is 0.191 e. The summed E-state index contributed by atoms with van der Waals surface area (Å²) in [5.74, 6) is 0.717. The van der Waals surface area contributed by atoms with Gasteiger partial charge in [-0.25, -0.2) is 9.98 Å². The van der Waals surface area contributed by atoms with Crippen LogP contribution >= 0.6 is 24.0 Å². The molecule has 0 saturated carbocycles. The molecule has 1 heterocycles. The van der Waals surface area contributed by atoms with Crippen LogP contribution < -0.4 is 10.6 Å². The van der Waals surface area contributed by atoms with Crippen molar-refractivity contribution < 1.29 is 5.11 Å². The highest BCUT2D eigenvalue weighted by Gasteiger charge is 2.22. The lowest BCUT2D eigenvalue weighted by atomic mass is 9.96. The Morgan fingerprint density at radius 1 is 1.10 bits per heavy atom. The van der Waals surface area contributed by atoms with Gasteiger partial charge in [-0.3, -0.25) is 0 Å². The number of nitrogens with one attached hydrogen (secondary N) is 2. The molecule has 0 amide bonds. The molecule has 0 aliphatic rings. The Bertz CT molecular complexity index is 908. The molecule has 3 aromatic rings. The zero-order valence-electron chi connectivity index (χ0n) is 17.0. The van der Waals surface area contributed by atoms with Crippen LogP contribution in [0.1, 0.15) is 25.8 Å². The lowest BCUT2D eigenvalue weighted by molar-refractivity contribution is 0.0672. The Morgan fingerprint density at radius 2 is 1.83 bits per heavy atom. The number of aromatic nitrogens is 2. The Balaban J connectivity index is 0.00000300. The van der Waals surface area contributed by atoms with Gasteiger partial charge in [0.05, 0.1) is 23.9 Å². The molecule has 0 bridgehead atoms. The van der Waals surface area contributed by atoms with Gasteiger partial charge in [-0.1, -0.05) is 42.5 Å². The molecule has 0 aliphatic heterocycles. The number of rotatable bonds is 8. The van der Waals surface area contributed by atoms with Crippen LogP contribution in [0.3, 0.4) is 0 Å². The average Bonchev–Trinajstić information content (AvgIpc) is 3.13. The van der Waals surface area contributed by atoms with E-state index in [4.69, 9.17) is 0 Å². The van der Waals surface area contributed by atoms with Gasteiger partial charge in [0.15, 0.2) is 5.96 Å². The molecule has 3 N–H and O–H groups in total. The van der Waals surface area contributed by atoms with E-state index in [1.165, 1.54) is 0 Å². The normalized spacial score (nSPS) is 13.6. The molecule has 0 aliphatic carbocycles. The first-order chi connectivity index (χ1) is 13.6. The molecule has 156 valence electrons. The van der Waals surface area contributed by atoms with Crippen LogP contribution in [0, 0.1) is 0 Å². The molecular weight excluding hydrogens is 477 g/mol. The number of aliphatic hydroxyl groups is 1. The van der Waals surface area contributed by atoms with E-state index in [0.29, 0.717) is 12.5 Å². The second-order valence-electron chi connectivity index (χ2n) is 7.04. The van der Waals surface area contributed by atoms with Crippen LogP contribution in [-0.4, -0.2) is 40.3 Å². The molecule has 3 rings (SSSR count). The number of hydrogen-bond donors (Lipinski definition) is 3. The number of benzene rings is 2. The number of halogens is 1. The molecule has 0 fully saturated rings. The summed E-state index contributed by atoms with van der Waals surface area (Å²) in [6.07, 6.45) is 2.83. The minimum atomic E-state index is -1.00. The molecule has 0 saturated heterocycles. The highest BCUT2D eigenvalue weighted by Crippen LogP contribution is 2.20. The van der Waals surface area contributed by atoms with Gasteiger partial charge in [0.1, 0.15) is 5.60 Å². The molecule has 1 aromatic heterocycles. The Morgan fingerprint density at radius 3 is 2.59 bits per heavy atom. The first-order valence-electron chi connectivity index (χ1n) is 9.80. The molecule has 1 unspecified atom stereocenters. The van der Waals surface area contributed by atoms with Gasteiger partial charge in [-0.15, -0.1) is 24.0 Å². The number of guanidine groups is 1. The highest BCUT2D eigenvalue weighted by molar-refractivity contribution is 14.0. The predicted octanol–water partition coefficient (Wildman–Crippen LogP) is 3.51. The third-order valence-corrected chi connectivity index (χ3v) is 4.68. The topological polar surface area (TPSA) is 74.5 Å². The zero-order chi connectivity index (χ0) is 19.8. The quantitative estimate of drug-likeness (QED) is 0.189. The summed E-state index contributed by atoms with van der Waals surface area (Å²) < 4.78 is 2.17. The maximum Gasteiger partial charge on any atom is 0.191 e. The summed E-state index contributed by atoms with van der Waals surface area (Å²) in [6.45, 7) is 6.55. The fraction of sp³-hybridized carbons (Fsp3) is 0.364. The number of aryl methyl sites for hydroxylation is 1. The van der Waals surface area contributed by atoms with Gasteiger partial charge in [0.25, 0.3) is 0 Å². The molecule has 2 aromatic carbocycles. The maximum atomic E-state index is 10.7. The van der Waals surface area contributed by atoms with Crippen molar-refractivity contribution in [1.82, 2.24) is 20.2 Å². The summed E-state index contributed by atoms with van der Waals surface area (Å²) in [5.41, 5.74) is 2.04.